The van der Waals surface area contributed by atoms with Gasteiger partial charge in [0.05, 0.1) is 0 Å². The molecule has 0 aliphatic rings. The topological polar surface area (TPSA) is 38.7 Å². The molecule has 0 aliphatic heterocycles. The van der Waals surface area contributed by atoms with Crippen LogP contribution in [0.4, 0.5) is 0 Å². The number of thiophene rings is 1. The summed E-state index contributed by atoms with van der Waals surface area (Å²) in [6, 6.07) is 66.4. The van der Waals surface area contributed by atoms with Gasteiger partial charge in [0.1, 0.15) is 0 Å². The number of fused-ring (bicyclic) bond motifs is 4. The summed E-state index contributed by atoms with van der Waals surface area (Å²) in [5.41, 5.74) is 9.82. The highest BCUT2D eigenvalue weighted by molar-refractivity contribution is 7.26. The van der Waals surface area contributed by atoms with E-state index in [4.69, 9.17) is 15.0 Å². The molecule has 0 atom stereocenters. The highest BCUT2D eigenvalue weighted by Gasteiger charge is 2.19. The van der Waals surface area contributed by atoms with E-state index < -0.39 is 0 Å². The predicted octanol–water partition coefficient (Wildman–Crippen LogP) is 13.4. The molecular formula is C49H31N3S. The summed E-state index contributed by atoms with van der Waals surface area (Å²) >= 11 is 1.81. The molecule has 0 bridgehead atoms. The van der Waals surface area contributed by atoms with Crippen molar-refractivity contribution >= 4 is 42.3 Å². The summed E-state index contributed by atoms with van der Waals surface area (Å²) < 4.78 is 2.45. The van der Waals surface area contributed by atoms with E-state index in [1.54, 1.807) is 0 Å². The predicted molar refractivity (Wildman–Crippen MR) is 223 cm³/mol. The third-order valence-corrected chi connectivity index (χ3v) is 11.0. The normalized spacial score (nSPS) is 11.4. The maximum Gasteiger partial charge on any atom is 0.164 e. The van der Waals surface area contributed by atoms with E-state index >= 15 is 0 Å². The third kappa shape index (κ3) is 5.85. The maximum atomic E-state index is 5.27. The standard InChI is InChI=1S/C49H31N3S/c1-3-12-32(13-4-1)41-30-43(46-42-20-9-10-21-44(42)53-45(46)31-41)49-51-47(36-15-5-2-6-16-36)50-48(52-49)40-19-11-18-38(29-40)34-22-24-35(25-23-34)39-27-26-33-14-7-8-17-37(33)28-39/h1-31H. The highest BCUT2D eigenvalue weighted by Crippen LogP contribution is 2.42. The highest BCUT2D eigenvalue weighted by atomic mass is 32.1. The summed E-state index contributed by atoms with van der Waals surface area (Å²) in [5, 5.41) is 4.87. The van der Waals surface area contributed by atoms with Gasteiger partial charge in [-0.2, -0.15) is 0 Å². The van der Waals surface area contributed by atoms with Crippen molar-refractivity contribution in [1.82, 2.24) is 15.0 Å². The lowest BCUT2D eigenvalue weighted by Gasteiger charge is -2.12. The van der Waals surface area contributed by atoms with Crippen molar-refractivity contribution in [3.05, 3.63) is 188 Å². The van der Waals surface area contributed by atoms with Gasteiger partial charge < -0.3 is 0 Å². The average Bonchev–Trinajstić information content (AvgIpc) is 3.62. The molecule has 10 rings (SSSR count). The van der Waals surface area contributed by atoms with Gasteiger partial charge in [-0.25, -0.2) is 15.0 Å². The minimum absolute atomic E-state index is 0.640. The summed E-state index contributed by atoms with van der Waals surface area (Å²) in [6.07, 6.45) is 0. The van der Waals surface area contributed by atoms with Crippen molar-refractivity contribution < 1.29 is 0 Å². The van der Waals surface area contributed by atoms with Crippen LogP contribution in [0.25, 0.3) is 98.5 Å². The monoisotopic (exact) mass is 693 g/mol. The van der Waals surface area contributed by atoms with E-state index in [2.05, 4.69) is 170 Å². The van der Waals surface area contributed by atoms with Crippen LogP contribution < -0.4 is 0 Å². The van der Waals surface area contributed by atoms with E-state index in [1.165, 1.54) is 42.1 Å². The van der Waals surface area contributed by atoms with Crippen LogP contribution in [0.15, 0.2) is 188 Å². The molecule has 0 fully saturated rings. The van der Waals surface area contributed by atoms with Crippen molar-refractivity contribution in [3.63, 3.8) is 0 Å². The molecule has 0 saturated heterocycles. The lowest BCUT2D eigenvalue weighted by molar-refractivity contribution is 1.08. The number of hydrogen-bond donors (Lipinski definition) is 0. The van der Waals surface area contributed by atoms with Crippen molar-refractivity contribution in [2.45, 2.75) is 0 Å². The Morgan fingerprint density at radius 2 is 0.849 bits per heavy atom. The van der Waals surface area contributed by atoms with Crippen LogP contribution in [-0.2, 0) is 0 Å². The number of rotatable bonds is 6. The fraction of sp³-hybridized carbons (Fsp3) is 0. The molecule has 10 aromatic rings. The van der Waals surface area contributed by atoms with E-state index in [-0.39, 0.29) is 0 Å². The number of hydrogen-bond acceptors (Lipinski definition) is 4. The molecular weight excluding hydrogens is 663 g/mol. The summed E-state index contributed by atoms with van der Waals surface area (Å²) in [7, 11) is 0. The molecule has 3 nitrogen and oxygen atoms in total. The first-order valence-corrected chi connectivity index (χ1v) is 18.6. The first-order valence-electron chi connectivity index (χ1n) is 17.8. The Hall–Kier alpha value is -6.75. The van der Waals surface area contributed by atoms with Gasteiger partial charge in [-0.15, -0.1) is 11.3 Å². The van der Waals surface area contributed by atoms with Crippen LogP contribution >= 0.6 is 11.3 Å². The molecule has 8 aromatic carbocycles. The Balaban J connectivity index is 1.11. The van der Waals surface area contributed by atoms with Gasteiger partial charge in [0.2, 0.25) is 0 Å². The minimum Gasteiger partial charge on any atom is -0.208 e. The number of benzene rings is 8. The first kappa shape index (κ1) is 31.0. The van der Waals surface area contributed by atoms with Crippen molar-refractivity contribution in [1.29, 1.82) is 0 Å². The van der Waals surface area contributed by atoms with Gasteiger partial charge in [0, 0.05) is 36.9 Å². The zero-order valence-corrected chi connectivity index (χ0v) is 29.5. The molecule has 0 unspecified atom stereocenters. The lowest BCUT2D eigenvalue weighted by Crippen LogP contribution is -2.00. The molecule has 2 aromatic heterocycles. The molecule has 0 N–H and O–H groups in total. The second kappa shape index (κ2) is 13.1. The quantitative estimate of drug-likeness (QED) is 0.174. The minimum atomic E-state index is 0.640. The molecule has 2 heterocycles. The molecule has 0 amide bonds. The Bertz CT molecular complexity index is 2930. The molecule has 248 valence electrons. The smallest absolute Gasteiger partial charge is 0.164 e. The lowest BCUT2D eigenvalue weighted by atomic mass is 9.97. The molecule has 53 heavy (non-hydrogen) atoms. The Morgan fingerprint density at radius 3 is 1.62 bits per heavy atom. The first-order chi connectivity index (χ1) is 26.2. The number of nitrogens with zero attached hydrogens (tertiary/aromatic N) is 3. The largest absolute Gasteiger partial charge is 0.208 e. The zero-order chi connectivity index (χ0) is 35.1. The molecule has 0 radical (unpaired) electrons. The fourth-order valence-corrected chi connectivity index (χ4v) is 8.40. The van der Waals surface area contributed by atoms with Gasteiger partial charge in [-0.05, 0) is 74.5 Å². The summed E-state index contributed by atoms with van der Waals surface area (Å²) in [5.74, 6) is 1.94. The zero-order valence-electron chi connectivity index (χ0n) is 28.6. The van der Waals surface area contributed by atoms with E-state index in [9.17, 15) is 0 Å². The van der Waals surface area contributed by atoms with Crippen LogP contribution in [0.1, 0.15) is 0 Å². The summed E-state index contributed by atoms with van der Waals surface area (Å²) in [6.45, 7) is 0. The van der Waals surface area contributed by atoms with Crippen molar-refractivity contribution in [2.75, 3.05) is 0 Å². The van der Waals surface area contributed by atoms with E-state index in [1.807, 2.05) is 29.5 Å². The van der Waals surface area contributed by atoms with Crippen molar-refractivity contribution in [2.24, 2.45) is 0 Å². The van der Waals surface area contributed by atoms with Gasteiger partial charge in [-0.3, -0.25) is 0 Å². The Labute approximate surface area is 311 Å². The van der Waals surface area contributed by atoms with Gasteiger partial charge in [-0.1, -0.05) is 158 Å². The van der Waals surface area contributed by atoms with Gasteiger partial charge >= 0.3 is 0 Å². The van der Waals surface area contributed by atoms with Gasteiger partial charge in [0.15, 0.2) is 17.5 Å². The SMILES string of the molecule is c1ccc(-c2cc(-c3nc(-c4ccccc4)nc(-c4cccc(-c5ccc(-c6ccc7ccccc7c6)cc5)c4)n3)c3c(c2)sc2ccccc23)cc1. The van der Waals surface area contributed by atoms with Crippen LogP contribution in [0.3, 0.4) is 0 Å². The van der Waals surface area contributed by atoms with Crippen LogP contribution in [0.2, 0.25) is 0 Å². The summed E-state index contributed by atoms with van der Waals surface area (Å²) in [4.78, 5) is 15.6. The molecule has 4 heteroatoms. The second-order valence-electron chi connectivity index (χ2n) is 13.3. The van der Waals surface area contributed by atoms with Crippen LogP contribution in [0.5, 0.6) is 0 Å². The average molecular weight is 694 g/mol. The Morgan fingerprint density at radius 1 is 0.302 bits per heavy atom. The van der Waals surface area contributed by atoms with E-state index in [0.717, 1.165) is 38.9 Å². The maximum absolute atomic E-state index is 5.27. The fourth-order valence-electron chi connectivity index (χ4n) is 7.23. The molecule has 0 saturated carbocycles. The van der Waals surface area contributed by atoms with Crippen molar-refractivity contribution in [3.8, 4) is 67.5 Å². The molecule has 0 aliphatic carbocycles. The molecule has 0 spiro atoms. The third-order valence-electron chi connectivity index (χ3n) is 9.92. The van der Waals surface area contributed by atoms with Crippen LogP contribution in [0, 0.1) is 0 Å². The van der Waals surface area contributed by atoms with E-state index in [0.29, 0.717) is 17.5 Å². The second-order valence-corrected chi connectivity index (χ2v) is 14.3. The van der Waals surface area contributed by atoms with Crippen LogP contribution in [-0.4, -0.2) is 15.0 Å². The number of aromatic nitrogens is 3. The Kier molecular flexibility index (Phi) is 7.67. The van der Waals surface area contributed by atoms with Gasteiger partial charge in [0.25, 0.3) is 0 Å².